The van der Waals surface area contributed by atoms with Crippen molar-refractivity contribution in [1.82, 2.24) is 9.62 Å². The van der Waals surface area contributed by atoms with E-state index in [0.29, 0.717) is 24.4 Å². The Morgan fingerprint density at radius 1 is 1.33 bits per heavy atom. The minimum absolute atomic E-state index is 0.534. The monoisotopic (exact) mass is 318 g/mol. The highest BCUT2D eigenvalue weighted by atomic mass is 32.2. The van der Waals surface area contributed by atoms with Gasteiger partial charge in [-0.05, 0) is 56.9 Å². The standard InChI is InChI=1S/C16H34N2O2S/c1-5-10-17-16(12-14(2)3)9-8-15-7-6-11-18(13-15)21(4,19)20/h14-17H,5-13H2,1-4H3. The van der Waals surface area contributed by atoms with Crippen LogP contribution in [0.15, 0.2) is 0 Å². The van der Waals surface area contributed by atoms with Crippen LogP contribution in [0.3, 0.4) is 0 Å². The maximum absolute atomic E-state index is 11.7. The summed E-state index contributed by atoms with van der Waals surface area (Å²) in [7, 11) is -3.01. The normalized spacial score (nSPS) is 22.6. The summed E-state index contributed by atoms with van der Waals surface area (Å²) >= 11 is 0. The Morgan fingerprint density at radius 2 is 2.05 bits per heavy atom. The molecular weight excluding hydrogens is 284 g/mol. The van der Waals surface area contributed by atoms with E-state index in [1.165, 1.54) is 31.9 Å². The fourth-order valence-corrected chi connectivity index (χ4v) is 4.16. The lowest BCUT2D eigenvalue weighted by Gasteiger charge is -2.32. The molecule has 1 heterocycles. The molecule has 1 aliphatic rings. The van der Waals surface area contributed by atoms with Gasteiger partial charge in [0.25, 0.3) is 0 Å². The van der Waals surface area contributed by atoms with E-state index in [-0.39, 0.29) is 0 Å². The van der Waals surface area contributed by atoms with Crippen molar-refractivity contribution < 1.29 is 8.42 Å². The lowest BCUT2D eigenvalue weighted by molar-refractivity contribution is 0.242. The molecule has 1 N–H and O–H groups in total. The third kappa shape index (κ3) is 7.61. The van der Waals surface area contributed by atoms with Crippen molar-refractivity contribution in [3.8, 4) is 0 Å². The fourth-order valence-electron chi connectivity index (χ4n) is 3.22. The van der Waals surface area contributed by atoms with E-state index in [4.69, 9.17) is 0 Å². The first-order valence-corrected chi connectivity index (χ1v) is 10.4. The summed E-state index contributed by atoms with van der Waals surface area (Å²) in [5, 5.41) is 3.65. The van der Waals surface area contributed by atoms with Gasteiger partial charge in [0.05, 0.1) is 6.26 Å². The van der Waals surface area contributed by atoms with Crippen LogP contribution in [0, 0.1) is 11.8 Å². The fraction of sp³-hybridized carbons (Fsp3) is 1.00. The van der Waals surface area contributed by atoms with Crippen molar-refractivity contribution in [3.05, 3.63) is 0 Å². The van der Waals surface area contributed by atoms with Crippen molar-refractivity contribution >= 4 is 10.0 Å². The van der Waals surface area contributed by atoms with Gasteiger partial charge in [-0.15, -0.1) is 0 Å². The molecule has 4 nitrogen and oxygen atoms in total. The molecule has 0 saturated carbocycles. The molecule has 21 heavy (non-hydrogen) atoms. The van der Waals surface area contributed by atoms with Gasteiger partial charge in [0.2, 0.25) is 10.0 Å². The van der Waals surface area contributed by atoms with Crippen molar-refractivity contribution in [3.63, 3.8) is 0 Å². The van der Waals surface area contributed by atoms with Crippen LogP contribution >= 0.6 is 0 Å². The van der Waals surface area contributed by atoms with Crippen LogP contribution in [0.4, 0.5) is 0 Å². The molecule has 2 unspecified atom stereocenters. The molecule has 1 fully saturated rings. The molecule has 1 aliphatic heterocycles. The number of nitrogens with zero attached hydrogens (tertiary/aromatic N) is 1. The molecule has 126 valence electrons. The Morgan fingerprint density at radius 3 is 2.62 bits per heavy atom. The van der Waals surface area contributed by atoms with Gasteiger partial charge < -0.3 is 5.32 Å². The summed E-state index contributed by atoms with van der Waals surface area (Å²) in [5.41, 5.74) is 0. The molecule has 0 aromatic carbocycles. The molecule has 0 amide bonds. The topological polar surface area (TPSA) is 49.4 Å². The highest BCUT2D eigenvalue weighted by molar-refractivity contribution is 7.88. The van der Waals surface area contributed by atoms with Gasteiger partial charge in [0, 0.05) is 19.1 Å². The zero-order valence-electron chi connectivity index (χ0n) is 14.3. The van der Waals surface area contributed by atoms with Gasteiger partial charge in [0.1, 0.15) is 0 Å². The SMILES string of the molecule is CCCNC(CCC1CCCN(S(C)(=O)=O)C1)CC(C)C. The number of hydrogen-bond acceptors (Lipinski definition) is 3. The van der Waals surface area contributed by atoms with Crippen molar-refractivity contribution in [1.29, 1.82) is 0 Å². The molecule has 0 spiro atoms. The Kier molecular flexibility index (Phi) is 8.21. The second-order valence-electron chi connectivity index (χ2n) is 6.99. The van der Waals surface area contributed by atoms with E-state index in [2.05, 4.69) is 26.1 Å². The van der Waals surface area contributed by atoms with E-state index in [1.807, 2.05) is 0 Å². The van der Waals surface area contributed by atoms with Gasteiger partial charge >= 0.3 is 0 Å². The first-order valence-electron chi connectivity index (χ1n) is 8.51. The molecule has 0 bridgehead atoms. The molecule has 0 aliphatic carbocycles. The van der Waals surface area contributed by atoms with Crippen LogP contribution in [-0.4, -0.2) is 44.7 Å². The third-order valence-corrected chi connectivity index (χ3v) is 5.58. The number of hydrogen-bond donors (Lipinski definition) is 1. The molecule has 5 heteroatoms. The summed E-state index contributed by atoms with van der Waals surface area (Å²) in [4.78, 5) is 0. The number of piperidine rings is 1. The zero-order valence-corrected chi connectivity index (χ0v) is 15.1. The maximum atomic E-state index is 11.7. The van der Waals surface area contributed by atoms with Crippen LogP contribution in [0.1, 0.15) is 59.3 Å². The average molecular weight is 319 g/mol. The Hall–Kier alpha value is -0.130. The first-order chi connectivity index (χ1) is 9.82. The summed E-state index contributed by atoms with van der Waals surface area (Å²) in [6.45, 7) is 9.25. The van der Waals surface area contributed by atoms with Crippen LogP contribution in [0.2, 0.25) is 0 Å². The predicted octanol–water partition coefficient (Wildman–Crippen LogP) is 2.85. The van der Waals surface area contributed by atoms with E-state index >= 15 is 0 Å². The van der Waals surface area contributed by atoms with Crippen molar-refractivity contribution in [2.75, 3.05) is 25.9 Å². The largest absolute Gasteiger partial charge is 0.314 e. The second-order valence-corrected chi connectivity index (χ2v) is 8.97. The predicted molar refractivity (Wildman–Crippen MR) is 89.9 cm³/mol. The summed E-state index contributed by atoms with van der Waals surface area (Å²) in [6.07, 6.45) is 8.20. The van der Waals surface area contributed by atoms with E-state index in [0.717, 1.165) is 25.9 Å². The molecule has 0 aromatic rings. The maximum Gasteiger partial charge on any atom is 0.211 e. The van der Waals surface area contributed by atoms with Gasteiger partial charge in [-0.25, -0.2) is 12.7 Å². The van der Waals surface area contributed by atoms with Gasteiger partial charge in [0.15, 0.2) is 0 Å². The van der Waals surface area contributed by atoms with Crippen LogP contribution in [0.25, 0.3) is 0 Å². The van der Waals surface area contributed by atoms with Crippen LogP contribution in [0.5, 0.6) is 0 Å². The molecule has 1 saturated heterocycles. The third-order valence-electron chi connectivity index (χ3n) is 4.31. The number of rotatable bonds is 9. The number of nitrogens with one attached hydrogen (secondary N) is 1. The van der Waals surface area contributed by atoms with Gasteiger partial charge in [-0.3, -0.25) is 0 Å². The highest BCUT2D eigenvalue weighted by Gasteiger charge is 2.26. The Bertz CT molecular complexity index is 382. The Balaban J connectivity index is 2.43. The van der Waals surface area contributed by atoms with E-state index < -0.39 is 10.0 Å². The van der Waals surface area contributed by atoms with Gasteiger partial charge in [-0.1, -0.05) is 20.8 Å². The Labute approximate surface area is 131 Å². The van der Waals surface area contributed by atoms with Crippen molar-refractivity contribution in [2.45, 2.75) is 65.3 Å². The minimum Gasteiger partial charge on any atom is -0.314 e. The number of sulfonamides is 1. The smallest absolute Gasteiger partial charge is 0.211 e. The van der Waals surface area contributed by atoms with E-state index in [1.54, 1.807) is 4.31 Å². The second kappa shape index (κ2) is 9.11. The average Bonchev–Trinajstić information content (AvgIpc) is 2.41. The quantitative estimate of drug-likeness (QED) is 0.711. The lowest BCUT2D eigenvalue weighted by atomic mass is 9.90. The van der Waals surface area contributed by atoms with Crippen molar-refractivity contribution in [2.24, 2.45) is 11.8 Å². The summed E-state index contributed by atoms with van der Waals surface area (Å²) in [5.74, 6) is 1.24. The molecule has 2 atom stereocenters. The van der Waals surface area contributed by atoms with Gasteiger partial charge in [-0.2, -0.15) is 0 Å². The minimum atomic E-state index is -3.01. The highest BCUT2D eigenvalue weighted by Crippen LogP contribution is 2.24. The molecular formula is C16H34N2O2S. The summed E-state index contributed by atoms with van der Waals surface area (Å²) in [6, 6.07) is 0.582. The van der Waals surface area contributed by atoms with E-state index in [9.17, 15) is 8.42 Å². The molecule has 0 radical (unpaired) electrons. The molecule has 1 rings (SSSR count). The lowest BCUT2D eigenvalue weighted by Crippen LogP contribution is -2.40. The van der Waals surface area contributed by atoms with Crippen LogP contribution < -0.4 is 5.32 Å². The zero-order chi connectivity index (χ0) is 15.9. The first kappa shape index (κ1) is 18.9. The summed E-state index contributed by atoms with van der Waals surface area (Å²) < 4.78 is 25.0. The molecule has 0 aromatic heterocycles. The van der Waals surface area contributed by atoms with Crippen LogP contribution in [-0.2, 0) is 10.0 Å².